The summed E-state index contributed by atoms with van der Waals surface area (Å²) < 4.78 is 36.9. The van der Waals surface area contributed by atoms with Gasteiger partial charge >= 0.3 is 6.18 Å². The van der Waals surface area contributed by atoms with Crippen molar-refractivity contribution in [2.24, 2.45) is 0 Å². The van der Waals surface area contributed by atoms with E-state index in [1.54, 1.807) is 0 Å². The van der Waals surface area contributed by atoms with Crippen LogP contribution in [-0.2, 0) is 6.18 Å². The SMILES string of the molecule is C#CCCCNc1ncc(C(F)(F)F)cc1Cl. The maximum absolute atomic E-state index is 12.3. The molecule has 0 unspecified atom stereocenters. The highest BCUT2D eigenvalue weighted by Crippen LogP contribution is 2.32. The zero-order valence-corrected chi connectivity index (χ0v) is 9.57. The molecular formula is C11H10ClF3N2. The lowest BCUT2D eigenvalue weighted by molar-refractivity contribution is -0.137. The van der Waals surface area contributed by atoms with Crippen LogP contribution in [0.4, 0.5) is 19.0 Å². The summed E-state index contributed by atoms with van der Waals surface area (Å²) in [6, 6.07) is 0.845. The van der Waals surface area contributed by atoms with Crippen molar-refractivity contribution in [1.29, 1.82) is 0 Å². The van der Waals surface area contributed by atoms with Gasteiger partial charge in [-0.25, -0.2) is 4.98 Å². The number of alkyl halides is 3. The summed E-state index contributed by atoms with van der Waals surface area (Å²) in [5, 5.41) is 2.77. The van der Waals surface area contributed by atoms with Gasteiger partial charge in [-0.3, -0.25) is 0 Å². The van der Waals surface area contributed by atoms with Gasteiger partial charge in [-0.15, -0.1) is 12.3 Å². The van der Waals surface area contributed by atoms with Crippen LogP contribution in [0.1, 0.15) is 18.4 Å². The Labute approximate surface area is 102 Å². The van der Waals surface area contributed by atoms with E-state index in [0.29, 0.717) is 19.4 Å². The fraction of sp³-hybridized carbons (Fsp3) is 0.364. The topological polar surface area (TPSA) is 24.9 Å². The number of aromatic nitrogens is 1. The first-order valence-corrected chi connectivity index (χ1v) is 5.23. The van der Waals surface area contributed by atoms with Crippen molar-refractivity contribution in [2.45, 2.75) is 19.0 Å². The third-order valence-electron chi connectivity index (χ3n) is 1.96. The molecule has 0 aliphatic carbocycles. The fourth-order valence-corrected chi connectivity index (χ4v) is 1.35. The van der Waals surface area contributed by atoms with Gasteiger partial charge < -0.3 is 5.32 Å². The first kappa shape index (κ1) is 13.7. The number of terminal acetylenes is 1. The first-order valence-electron chi connectivity index (χ1n) is 4.85. The van der Waals surface area contributed by atoms with Crippen LogP contribution in [0.5, 0.6) is 0 Å². The molecule has 6 heteroatoms. The van der Waals surface area contributed by atoms with E-state index in [2.05, 4.69) is 16.2 Å². The molecule has 0 aliphatic rings. The highest BCUT2D eigenvalue weighted by atomic mass is 35.5. The molecule has 1 rings (SSSR count). The van der Waals surface area contributed by atoms with Crippen LogP contribution in [0, 0.1) is 12.3 Å². The van der Waals surface area contributed by atoms with Crippen molar-refractivity contribution in [1.82, 2.24) is 4.98 Å². The number of halogens is 4. The molecule has 92 valence electrons. The van der Waals surface area contributed by atoms with Crippen molar-refractivity contribution in [2.75, 3.05) is 11.9 Å². The van der Waals surface area contributed by atoms with Crippen LogP contribution in [0.15, 0.2) is 12.3 Å². The van der Waals surface area contributed by atoms with E-state index in [1.165, 1.54) is 0 Å². The molecule has 17 heavy (non-hydrogen) atoms. The molecule has 1 aromatic heterocycles. The van der Waals surface area contributed by atoms with Crippen LogP contribution >= 0.6 is 11.6 Å². The second-order valence-corrected chi connectivity index (χ2v) is 3.69. The Morgan fingerprint density at radius 2 is 2.18 bits per heavy atom. The molecule has 0 saturated heterocycles. The lowest BCUT2D eigenvalue weighted by Crippen LogP contribution is -2.08. The van der Waals surface area contributed by atoms with Crippen LogP contribution in [0.25, 0.3) is 0 Å². The summed E-state index contributed by atoms with van der Waals surface area (Å²) in [5.41, 5.74) is -0.864. The molecule has 0 radical (unpaired) electrons. The number of hydrogen-bond acceptors (Lipinski definition) is 2. The Bertz CT molecular complexity index is 424. The maximum atomic E-state index is 12.3. The average Bonchev–Trinajstić information content (AvgIpc) is 2.24. The van der Waals surface area contributed by atoms with Crippen molar-refractivity contribution in [3.63, 3.8) is 0 Å². The second kappa shape index (κ2) is 5.78. The van der Waals surface area contributed by atoms with E-state index < -0.39 is 11.7 Å². The minimum Gasteiger partial charge on any atom is -0.369 e. The van der Waals surface area contributed by atoms with Crippen LogP contribution in [0.2, 0.25) is 5.02 Å². The Morgan fingerprint density at radius 3 is 2.71 bits per heavy atom. The van der Waals surface area contributed by atoms with Gasteiger partial charge in [0.2, 0.25) is 0 Å². The number of rotatable bonds is 4. The van der Waals surface area contributed by atoms with E-state index >= 15 is 0 Å². The van der Waals surface area contributed by atoms with Crippen LogP contribution < -0.4 is 5.32 Å². The molecule has 1 aromatic rings. The summed E-state index contributed by atoms with van der Waals surface area (Å²) in [5.74, 6) is 2.69. The van der Waals surface area contributed by atoms with E-state index in [-0.39, 0.29) is 10.8 Å². The van der Waals surface area contributed by atoms with Crippen molar-refractivity contribution in [3.05, 3.63) is 22.8 Å². The quantitative estimate of drug-likeness (QED) is 0.663. The molecule has 0 saturated carbocycles. The van der Waals surface area contributed by atoms with Crippen molar-refractivity contribution < 1.29 is 13.2 Å². The standard InChI is InChI=1S/C11H10ClF3N2/c1-2-3-4-5-16-10-9(12)6-8(7-17-10)11(13,14)15/h1,6-7H,3-5H2,(H,16,17). The number of hydrogen-bond donors (Lipinski definition) is 1. The monoisotopic (exact) mass is 262 g/mol. The average molecular weight is 263 g/mol. The minimum absolute atomic E-state index is 0.0551. The number of nitrogens with one attached hydrogen (secondary N) is 1. The minimum atomic E-state index is -4.43. The lowest BCUT2D eigenvalue weighted by atomic mass is 10.2. The number of unbranched alkanes of at least 4 members (excludes halogenated alkanes) is 1. The summed E-state index contributed by atoms with van der Waals surface area (Å²) >= 11 is 5.68. The smallest absolute Gasteiger partial charge is 0.369 e. The van der Waals surface area contributed by atoms with Gasteiger partial charge in [-0.1, -0.05) is 11.6 Å². The zero-order chi connectivity index (χ0) is 12.9. The normalized spacial score (nSPS) is 11.0. The predicted octanol–water partition coefficient (Wildman–Crippen LogP) is 3.58. The van der Waals surface area contributed by atoms with Gasteiger partial charge in [0.05, 0.1) is 10.6 Å². The van der Waals surface area contributed by atoms with Crippen molar-refractivity contribution >= 4 is 17.4 Å². The fourth-order valence-electron chi connectivity index (χ4n) is 1.12. The molecule has 2 nitrogen and oxygen atoms in total. The molecular weight excluding hydrogens is 253 g/mol. The van der Waals surface area contributed by atoms with E-state index in [0.717, 1.165) is 12.3 Å². The van der Waals surface area contributed by atoms with E-state index in [1.807, 2.05) is 0 Å². The maximum Gasteiger partial charge on any atom is 0.417 e. The zero-order valence-electron chi connectivity index (χ0n) is 8.81. The molecule has 1 N–H and O–H groups in total. The van der Waals surface area contributed by atoms with Crippen molar-refractivity contribution in [3.8, 4) is 12.3 Å². The molecule has 0 bridgehead atoms. The highest BCUT2D eigenvalue weighted by molar-refractivity contribution is 6.32. The first-order chi connectivity index (χ1) is 7.95. The van der Waals surface area contributed by atoms with Crippen LogP contribution in [-0.4, -0.2) is 11.5 Å². The number of nitrogens with zero attached hydrogens (tertiary/aromatic N) is 1. The predicted molar refractivity (Wildman–Crippen MR) is 60.8 cm³/mol. The van der Waals surface area contributed by atoms with Gasteiger partial charge in [0.1, 0.15) is 5.82 Å². The Balaban J connectivity index is 2.68. The Morgan fingerprint density at radius 1 is 1.47 bits per heavy atom. The van der Waals surface area contributed by atoms with E-state index in [4.69, 9.17) is 18.0 Å². The molecule has 0 amide bonds. The largest absolute Gasteiger partial charge is 0.417 e. The van der Waals surface area contributed by atoms with Gasteiger partial charge in [0.15, 0.2) is 0 Å². The molecule has 0 aromatic carbocycles. The molecule has 1 heterocycles. The molecule has 0 aliphatic heterocycles. The lowest BCUT2D eigenvalue weighted by Gasteiger charge is -2.10. The van der Waals surface area contributed by atoms with Gasteiger partial charge in [-0.05, 0) is 12.5 Å². The van der Waals surface area contributed by atoms with Gasteiger partial charge in [-0.2, -0.15) is 13.2 Å². The summed E-state index contributed by atoms with van der Waals surface area (Å²) in [4.78, 5) is 3.63. The number of pyridine rings is 1. The number of anilines is 1. The molecule has 0 spiro atoms. The summed E-state index contributed by atoms with van der Waals surface area (Å²) in [6.07, 6.45) is 2.67. The molecule has 0 fully saturated rings. The van der Waals surface area contributed by atoms with E-state index in [9.17, 15) is 13.2 Å². The van der Waals surface area contributed by atoms with Gasteiger partial charge in [0.25, 0.3) is 0 Å². The van der Waals surface area contributed by atoms with Crippen LogP contribution in [0.3, 0.4) is 0 Å². The Hall–Kier alpha value is -1.41. The summed E-state index contributed by atoms with van der Waals surface area (Å²) in [6.45, 7) is 0.516. The highest BCUT2D eigenvalue weighted by Gasteiger charge is 2.31. The third-order valence-corrected chi connectivity index (χ3v) is 2.25. The Kier molecular flexibility index (Phi) is 4.64. The molecule has 0 atom stereocenters. The van der Waals surface area contributed by atoms with Gasteiger partial charge in [0, 0.05) is 19.2 Å². The summed E-state index contributed by atoms with van der Waals surface area (Å²) in [7, 11) is 0. The second-order valence-electron chi connectivity index (χ2n) is 3.29. The third kappa shape index (κ3) is 4.16.